The Labute approximate surface area is 166 Å². The summed E-state index contributed by atoms with van der Waals surface area (Å²) in [7, 11) is 0. The fraction of sp³-hybridized carbons (Fsp3) is 0.286. The molecule has 5 rings (SSSR count). The zero-order chi connectivity index (χ0) is 19.3. The van der Waals surface area contributed by atoms with Crippen LogP contribution in [0.3, 0.4) is 0 Å². The summed E-state index contributed by atoms with van der Waals surface area (Å²) in [6.45, 7) is 0.550. The third-order valence-corrected chi connectivity index (χ3v) is 5.91. The third-order valence-electron chi connectivity index (χ3n) is 5.60. The summed E-state index contributed by atoms with van der Waals surface area (Å²) in [5.41, 5.74) is 3.04. The molecule has 0 saturated carbocycles. The lowest BCUT2D eigenvalue weighted by molar-refractivity contribution is -0.129. The van der Waals surface area contributed by atoms with Crippen LogP contribution in [-0.2, 0) is 11.2 Å². The van der Waals surface area contributed by atoms with Crippen molar-refractivity contribution in [2.45, 2.75) is 31.2 Å². The molecule has 7 heteroatoms. The number of fused-ring (bicyclic) bond motifs is 1. The van der Waals surface area contributed by atoms with Crippen molar-refractivity contribution in [2.75, 3.05) is 6.54 Å². The highest BCUT2D eigenvalue weighted by Crippen LogP contribution is 2.40. The number of aryl methyl sites for hydroxylation is 1. The molecule has 2 atom stereocenters. The van der Waals surface area contributed by atoms with E-state index in [4.69, 9.17) is 16.1 Å². The van der Waals surface area contributed by atoms with Crippen LogP contribution < -0.4 is 0 Å². The second-order valence-electron chi connectivity index (χ2n) is 7.29. The van der Waals surface area contributed by atoms with E-state index >= 15 is 0 Å². The van der Waals surface area contributed by atoms with E-state index in [2.05, 4.69) is 22.3 Å². The minimum absolute atomic E-state index is 0.0429. The summed E-state index contributed by atoms with van der Waals surface area (Å²) >= 11 is 5.72. The third kappa shape index (κ3) is 2.88. The zero-order valence-corrected chi connectivity index (χ0v) is 15.7. The second-order valence-corrected chi connectivity index (χ2v) is 7.69. The number of benzene rings is 2. The Hall–Kier alpha value is -2.73. The van der Waals surface area contributed by atoms with Gasteiger partial charge in [0.25, 0.3) is 0 Å². The van der Waals surface area contributed by atoms with Gasteiger partial charge in [-0.15, -0.1) is 0 Å². The molecule has 3 aromatic rings. The molecule has 1 aliphatic heterocycles. The molecule has 0 spiro atoms. The van der Waals surface area contributed by atoms with E-state index in [0.29, 0.717) is 30.2 Å². The lowest BCUT2D eigenvalue weighted by Crippen LogP contribution is -2.28. The van der Waals surface area contributed by atoms with Crippen molar-refractivity contribution in [1.29, 1.82) is 0 Å². The SMILES string of the molecule is O=C1CC(c2nc(-c3ccc(Cl)c(F)c3)no2)CN1C1CCc2ccccc21. The fourth-order valence-electron chi connectivity index (χ4n) is 4.21. The lowest BCUT2D eigenvalue weighted by Gasteiger charge is -2.25. The molecule has 1 aliphatic carbocycles. The highest BCUT2D eigenvalue weighted by molar-refractivity contribution is 6.30. The van der Waals surface area contributed by atoms with Gasteiger partial charge in [0, 0.05) is 18.5 Å². The van der Waals surface area contributed by atoms with Crippen LogP contribution in [0.4, 0.5) is 4.39 Å². The first kappa shape index (κ1) is 17.4. The molecule has 2 aliphatic rings. The number of aromatic nitrogens is 2. The fourth-order valence-corrected chi connectivity index (χ4v) is 4.33. The van der Waals surface area contributed by atoms with Crippen LogP contribution in [0.15, 0.2) is 47.0 Å². The number of amides is 1. The maximum Gasteiger partial charge on any atom is 0.232 e. The van der Waals surface area contributed by atoms with Crippen molar-refractivity contribution < 1.29 is 13.7 Å². The van der Waals surface area contributed by atoms with Crippen LogP contribution in [0, 0.1) is 5.82 Å². The Bertz CT molecular complexity index is 1070. The summed E-state index contributed by atoms with van der Waals surface area (Å²) in [4.78, 5) is 19.0. The topological polar surface area (TPSA) is 59.2 Å². The van der Waals surface area contributed by atoms with E-state index in [1.807, 2.05) is 17.0 Å². The van der Waals surface area contributed by atoms with Crippen molar-refractivity contribution in [3.05, 3.63) is 70.3 Å². The van der Waals surface area contributed by atoms with Crippen LogP contribution in [-0.4, -0.2) is 27.5 Å². The summed E-state index contributed by atoms with van der Waals surface area (Å²) in [6, 6.07) is 12.8. The zero-order valence-electron chi connectivity index (χ0n) is 14.9. The van der Waals surface area contributed by atoms with Gasteiger partial charge in [-0.2, -0.15) is 4.98 Å². The van der Waals surface area contributed by atoms with Gasteiger partial charge in [-0.1, -0.05) is 41.0 Å². The largest absolute Gasteiger partial charge is 0.339 e. The van der Waals surface area contributed by atoms with Gasteiger partial charge < -0.3 is 9.42 Å². The molecule has 2 unspecified atom stereocenters. The van der Waals surface area contributed by atoms with E-state index in [0.717, 1.165) is 12.8 Å². The highest BCUT2D eigenvalue weighted by Gasteiger charge is 2.40. The molecule has 5 nitrogen and oxygen atoms in total. The van der Waals surface area contributed by atoms with Crippen LogP contribution in [0.2, 0.25) is 5.02 Å². The van der Waals surface area contributed by atoms with Crippen molar-refractivity contribution in [1.82, 2.24) is 15.0 Å². The number of nitrogens with zero attached hydrogens (tertiary/aromatic N) is 3. The van der Waals surface area contributed by atoms with Gasteiger partial charge >= 0.3 is 0 Å². The van der Waals surface area contributed by atoms with Crippen LogP contribution in [0.5, 0.6) is 0 Å². The van der Waals surface area contributed by atoms with Gasteiger partial charge in [-0.3, -0.25) is 4.79 Å². The quantitative estimate of drug-likeness (QED) is 0.651. The minimum Gasteiger partial charge on any atom is -0.339 e. The summed E-state index contributed by atoms with van der Waals surface area (Å²) in [5, 5.41) is 4.00. The first-order chi connectivity index (χ1) is 13.6. The first-order valence-electron chi connectivity index (χ1n) is 9.26. The van der Waals surface area contributed by atoms with E-state index in [-0.39, 0.29) is 22.9 Å². The number of halogens is 2. The molecule has 1 amide bonds. The van der Waals surface area contributed by atoms with Gasteiger partial charge in [0.1, 0.15) is 5.82 Å². The van der Waals surface area contributed by atoms with Crippen LogP contribution >= 0.6 is 11.6 Å². The van der Waals surface area contributed by atoms with Gasteiger partial charge in [-0.05, 0) is 42.2 Å². The Balaban J connectivity index is 1.37. The lowest BCUT2D eigenvalue weighted by atomic mass is 10.1. The van der Waals surface area contributed by atoms with Gasteiger partial charge in [-0.25, -0.2) is 4.39 Å². The number of hydrogen-bond donors (Lipinski definition) is 0. The molecule has 0 N–H and O–H groups in total. The molecule has 2 heterocycles. The molecule has 1 saturated heterocycles. The Morgan fingerprint density at radius 1 is 1.21 bits per heavy atom. The maximum atomic E-state index is 13.7. The number of hydrogen-bond acceptors (Lipinski definition) is 4. The van der Waals surface area contributed by atoms with E-state index < -0.39 is 5.82 Å². The Morgan fingerprint density at radius 3 is 2.93 bits per heavy atom. The second kappa shape index (κ2) is 6.71. The number of carbonyl (C=O) groups is 1. The molecule has 28 heavy (non-hydrogen) atoms. The predicted octanol–water partition coefficient (Wildman–Crippen LogP) is 4.53. The van der Waals surface area contributed by atoms with Gasteiger partial charge in [0.05, 0.1) is 17.0 Å². The standard InChI is InChI=1S/C21H17ClFN3O2/c22-16-7-5-13(9-17(16)23)20-24-21(28-25-20)14-10-19(27)26(11-14)18-8-6-12-3-1-2-4-15(12)18/h1-5,7,9,14,18H,6,8,10-11H2. The van der Waals surface area contributed by atoms with E-state index in [1.165, 1.54) is 23.3 Å². The molecular weight excluding hydrogens is 381 g/mol. The van der Waals surface area contributed by atoms with Crippen molar-refractivity contribution >= 4 is 17.5 Å². The summed E-state index contributed by atoms with van der Waals surface area (Å²) in [5.74, 6) is 0.116. The Morgan fingerprint density at radius 2 is 2.07 bits per heavy atom. The highest BCUT2D eigenvalue weighted by atomic mass is 35.5. The van der Waals surface area contributed by atoms with Crippen LogP contribution in [0.1, 0.15) is 41.8 Å². The first-order valence-corrected chi connectivity index (χ1v) is 9.64. The monoisotopic (exact) mass is 397 g/mol. The van der Waals surface area contributed by atoms with Gasteiger partial charge in [0.2, 0.25) is 17.6 Å². The van der Waals surface area contributed by atoms with Crippen LogP contribution in [0.25, 0.3) is 11.4 Å². The van der Waals surface area contributed by atoms with Crippen molar-refractivity contribution in [2.24, 2.45) is 0 Å². The molecule has 0 bridgehead atoms. The molecule has 1 fully saturated rings. The molecule has 1 aromatic heterocycles. The van der Waals surface area contributed by atoms with E-state index in [9.17, 15) is 9.18 Å². The number of likely N-dealkylation sites (tertiary alicyclic amines) is 1. The number of rotatable bonds is 3. The smallest absolute Gasteiger partial charge is 0.232 e. The predicted molar refractivity (Wildman–Crippen MR) is 101 cm³/mol. The molecule has 2 aromatic carbocycles. The molecule has 142 valence electrons. The average molecular weight is 398 g/mol. The molecule has 0 radical (unpaired) electrons. The van der Waals surface area contributed by atoms with Crippen molar-refractivity contribution in [3.63, 3.8) is 0 Å². The Kier molecular flexibility index (Phi) is 4.16. The van der Waals surface area contributed by atoms with Crippen molar-refractivity contribution in [3.8, 4) is 11.4 Å². The molecular formula is C21H17ClFN3O2. The van der Waals surface area contributed by atoms with E-state index in [1.54, 1.807) is 6.07 Å². The minimum atomic E-state index is -0.535. The maximum absolute atomic E-state index is 13.7. The van der Waals surface area contributed by atoms with Gasteiger partial charge in [0.15, 0.2) is 0 Å². The average Bonchev–Trinajstić information content (AvgIpc) is 3.41. The number of carbonyl (C=O) groups excluding carboxylic acids is 1. The normalized spacial score (nSPS) is 21.4. The summed E-state index contributed by atoms with van der Waals surface area (Å²) in [6.07, 6.45) is 2.27. The summed E-state index contributed by atoms with van der Waals surface area (Å²) < 4.78 is 19.1.